The van der Waals surface area contributed by atoms with Gasteiger partial charge in [0, 0.05) is 12.2 Å². The van der Waals surface area contributed by atoms with Crippen molar-refractivity contribution in [3.63, 3.8) is 0 Å². The molecule has 1 rings (SSSR count). The molecule has 182 valence electrons. The van der Waals surface area contributed by atoms with Crippen molar-refractivity contribution in [2.24, 2.45) is 5.73 Å². The number of carboxylic acid groups (broad SMARTS) is 2. The lowest BCUT2D eigenvalue weighted by Gasteiger charge is -2.24. The summed E-state index contributed by atoms with van der Waals surface area (Å²) in [7, 11) is 0. The Labute approximate surface area is 193 Å². The molecule has 0 saturated heterocycles. The molecule has 0 aromatic heterocycles. The third-order valence-corrected chi connectivity index (χ3v) is 4.72. The van der Waals surface area contributed by atoms with Gasteiger partial charge in [-0.25, -0.2) is 4.79 Å². The number of phenolic OH excluding ortho intramolecular Hbond substituents is 1. The molecule has 0 aliphatic heterocycles. The highest BCUT2D eigenvalue weighted by molar-refractivity contribution is 7.80. The fourth-order valence-corrected chi connectivity index (χ4v) is 2.80. The molecule has 0 fully saturated rings. The zero-order chi connectivity index (χ0) is 25.1. The van der Waals surface area contributed by atoms with Crippen LogP contribution in [-0.2, 0) is 30.4 Å². The van der Waals surface area contributed by atoms with E-state index in [0.29, 0.717) is 5.56 Å². The number of carbonyl (C=O) groups is 5. The third kappa shape index (κ3) is 9.34. The highest BCUT2D eigenvalue weighted by Gasteiger charge is 2.31. The van der Waals surface area contributed by atoms with Gasteiger partial charge in [-0.3, -0.25) is 19.2 Å². The summed E-state index contributed by atoms with van der Waals surface area (Å²) in [5.41, 5.74) is 5.95. The first kappa shape index (κ1) is 27.7. The summed E-state index contributed by atoms with van der Waals surface area (Å²) < 4.78 is 0. The van der Waals surface area contributed by atoms with E-state index in [0.717, 1.165) is 0 Å². The summed E-state index contributed by atoms with van der Waals surface area (Å²) >= 11 is 3.80. The van der Waals surface area contributed by atoms with Crippen LogP contribution in [0.25, 0.3) is 0 Å². The van der Waals surface area contributed by atoms with E-state index in [4.69, 9.17) is 21.1 Å². The zero-order valence-corrected chi connectivity index (χ0v) is 18.2. The Morgan fingerprint density at radius 1 is 0.879 bits per heavy atom. The summed E-state index contributed by atoms with van der Waals surface area (Å²) in [5.74, 6) is -6.09. The normalized spacial score (nSPS) is 14.3. The van der Waals surface area contributed by atoms with Crippen LogP contribution in [-0.4, -0.2) is 86.6 Å². The average molecular weight is 487 g/mol. The minimum atomic E-state index is -1.66. The molecule has 0 aliphatic carbocycles. The molecule has 0 aliphatic rings. The smallest absolute Gasteiger partial charge is 0.327 e. The number of carboxylic acids is 2. The van der Waals surface area contributed by atoms with Crippen molar-refractivity contribution in [2.45, 2.75) is 37.0 Å². The SMILES string of the molecule is NC(CO)C(=O)NC(Cc1ccc(O)cc1)C(=O)NC(CC(=O)O)C(=O)NC(CS)C(=O)O. The Bertz CT molecular complexity index is 865. The molecular formula is C19H26N4O9S. The summed E-state index contributed by atoms with van der Waals surface area (Å²) in [4.78, 5) is 59.7. The van der Waals surface area contributed by atoms with Gasteiger partial charge in [-0.2, -0.15) is 12.6 Å². The van der Waals surface area contributed by atoms with Crippen molar-refractivity contribution < 1.29 is 44.4 Å². The molecule has 4 unspecified atom stereocenters. The van der Waals surface area contributed by atoms with Crippen LogP contribution in [0, 0.1) is 0 Å². The number of hydrogen-bond acceptors (Lipinski definition) is 9. The lowest BCUT2D eigenvalue weighted by atomic mass is 10.0. The van der Waals surface area contributed by atoms with E-state index in [1.54, 1.807) is 0 Å². The second kappa shape index (κ2) is 13.2. The first-order valence-electron chi connectivity index (χ1n) is 9.59. The fourth-order valence-electron chi connectivity index (χ4n) is 2.55. The van der Waals surface area contributed by atoms with E-state index < -0.39 is 66.9 Å². The third-order valence-electron chi connectivity index (χ3n) is 4.35. The second-order valence-corrected chi connectivity index (χ2v) is 7.33. The number of benzene rings is 1. The fraction of sp³-hybridized carbons (Fsp3) is 0.421. The predicted molar refractivity (Wildman–Crippen MR) is 116 cm³/mol. The van der Waals surface area contributed by atoms with Gasteiger partial charge in [0.25, 0.3) is 0 Å². The van der Waals surface area contributed by atoms with Crippen molar-refractivity contribution in [3.05, 3.63) is 29.8 Å². The number of phenols is 1. The molecule has 1 aromatic rings. The molecule has 4 atom stereocenters. The van der Waals surface area contributed by atoms with Crippen molar-refractivity contribution in [3.8, 4) is 5.75 Å². The number of carbonyl (C=O) groups excluding carboxylic acids is 3. The van der Waals surface area contributed by atoms with Crippen LogP contribution in [0.15, 0.2) is 24.3 Å². The number of aromatic hydroxyl groups is 1. The summed E-state index contributed by atoms with van der Waals surface area (Å²) in [5, 5.41) is 43.2. The molecule has 0 bridgehead atoms. The topological polar surface area (TPSA) is 228 Å². The Morgan fingerprint density at radius 3 is 1.88 bits per heavy atom. The highest BCUT2D eigenvalue weighted by atomic mass is 32.1. The van der Waals surface area contributed by atoms with Gasteiger partial charge in [0.15, 0.2) is 0 Å². The summed E-state index contributed by atoms with van der Waals surface area (Å²) in [6.45, 7) is -0.705. The number of aliphatic hydroxyl groups excluding tert-OH is 1. The van der Waals surface area contributed by atoms with Gasteiger partial charge in [-0.1, -0.05) is 12.1 Å². The number of aliphatic carboxylic acids is 2. The molecular weight excluding hydrogens is 460 g/mol. The van der Waals surface area contributed by atoms with Gasteiger partial charge in [-0.15, -0.1) is 0 Å². The number of hydrogen-bond donors (Lipinski definition) is 9. The summed E-state index contributed by atoms with van der Waals surface area (Å²) in [6.07, 6.45) is -1.00. The largest absolute Gasteiger partial charge is 0.508 e. The number of rotatable bonds is 13. The Hall–Kier alpha value is -3.36. The van der Waals surface area contributed by atoms with Gasteiger partial charge in [0.1, 0.15) is 29.9 Å². The van der Waals surface area contributed by atoms with E-state index in [-0.39, 0.29) is 17.9 Å². The molecule has 9 N–H and O–H groups in total. The molecule has 3 amide bonds. The maximum Gasteiger partial charge on any atom is 0.327 e. The zero-order valence-electron chi connectivity index (χ0n) is 17.3. The monoisotopic (exact) mass is 486 g/mol. The molecule has 0 spiro atoms. The molecule has 13 nitrogen and oxygen atoms in total. The maximum atomic E-state index is 12.9. The van der Waals surface area contributed by atoms with Crippen LogP contribution in [0.3, 0.4) is 0 Å². The quantitative estimate of drug-likeness (QED) is 0.130. The van der Waals surface area contributed by atoms with E-state index in [1.165, 1.54) is 24.3 Å². The lowest BCUT2D eigenvalue weighted by Crippen LogP contribution is -2.58. The minimum Gasteiger partial charge on any atom is -0.508 e. The summed E-state index contributed by atoms with van der Waals surface area (Å²) in [6, 6.07) is -0.148. The van der Waals surface area contributed by atoms with Crippen molar-refractivity contribution in [2.75, 3.05) is 12.4 Å². The second-order valence-electron chi connectivity index (χ2n) is 6.96. The standard InChI is InChI=1S/C19H26N4O9S/c20-11(7-24)16(28)21-12(5-9-1-3-10(25)4-2-9)17(29)22-13(6-15(26)27)18(30)23-14(8-33)19(31)32/h1-4,11-14,24-25,33H,5-8,20H2,(H,21,28)(H,22,29)(H,23,30)(H,26,27)(H,31,32). The number of aliphatic hydroxyl groups is 1. The van der Waals surface area contributed by atoms with Crippen LogP contribution >= 0.6 is 12.6 Å². The van der Waals surface area contributed by atoms with Crippen molar-refractivity contribution in [1.82, 2.24) is 16.0 Å². The first-order valence-corrected chi connectivity index (χ1v) is 10.2. The minimum absolute atomic E-state index is 0.0403. The van der Waals surface area contributed by atoms with Crippen LogP contribution in [0.2, 0.25) is 0 Å². The number of thiol groups is 1. The van der Waals surface area contributed by atoms with E-state index >= 15 is 0 Å². The van der Waals surface area contributed by atoms with E-state index in [9.17, 15) is 29.1 Å². The number of nitrogens with two attached hydrogens (primary N) is 1. The van der Waals surface area contributed by atoms with Crippen LogP contribution in [0.1, 0.15) is 12.0 Å². The molecule has 0 heterocycles. The van der Waals surface area contributed by atoms with E-state index in [1.807, 2.05) is 0 Å². The Morgan fingerprint density at radius 2 is 1.39 bits per heavy atom. The molecule has 1 aromatic carbocycles. The van der Waals surface area contributed by atoms with Gasteiger partial charge in [-0.05, 0) is 17.7 Å². The first-order chi connectivity index (χ1) is 15.5. The van der Waals surface area contributed by atoms with Gasteiger partial charge >= 0.3 is 11.9 Å². The van der Waals surface area contributed by atoms with E-state index in [2.05, 4.69) is 28.6 Å². The molecule has 33 heavy (non-hydrogen) atoms. The number of nitrogens with one attached hydrogen (secondary N) is 3. The van der Waals surface area contributed by atoms with Gasteiger partial charge in [0.05, 0.1) is 13.0 Å². The van der Waals surface area contributed by atoms with Crippen LogP contribution in [0.4, 0.5) is 0 Å². The van der Waals surface area contributed by atoms with Crippen LogP contribution in [0.5, 0.6) is 5.75 Å². The maximum absolute atomic E-state index is 12.9. The molecule has 0 radical (unpaired) electrons. The van der Waals surface area contributed by atoms with Gasteiger partial charge < -0.3 is 42.1 Å². The predicted octanol–water partition coefficient (Wildman–Crippen LogP) is -2.80. The average Bonchev–Trinajstić information content (AvgIpc) is 2.76. The van der Waals surface area contributed by atoms with Crippen molar-refractivity contribution in [1.29, 1.82) is 0 Å². The lowest BCUT2D eigenvalue weighted by molar-refractivity contribution is -0.143. The Balaban J connectivity index is 3.09. The van der Waals surface area contributed by atoms with Crippen molar-refractivity contribution >= 4 is 42.3 Å². The number of amides is 3. The Kier molecular flexibility index (Phi) is 11.1. The van der Waals surface area contributed by atoms with Gasteiger partial charge in [0.2, 0.25) is 17.7 Å². The molecule has 0 saturated carbocycles. The van der Waals surface area contributed by atoms with Crippen LogP contribution < -0.4 is 21.7 Å². The molecule has 14 heteroatoms. The highest BCUT2D eigenvalue weighted by Crippen LogP contribution is 2.12.